The topological polar surface area (TPSA) is 42.7 Å². The van der Waals surface area contributed by atoms with Crippen LogP contribution in [-0.4, -0.2) is 36.1 Å². The molecule has 2 aliphatic rings. The molecule has 0 spiro atoms. The summed E-state index contributed by atoms with van der Waals surface area (Å²) in [7, 11) is 0. The van der Waals surface area contributed by atoms with Crippen LogP contribution >= 0.6 is 0 Å². The van der Waals surface area contributed by atoms with Crippen molar-refractivity contribution in [1.29, 1.82) is 0 Å². The van der Waals surface area contributed by atoms with Gasteiger partial charge in [0, 0.05) is 19.0 Å². The van der Waals surface area contributed by atoms with Crippen molar-refractivity contribution in [2.24, 2.45) is 5.92 Å². The van der Waals surface area contributed by atoms with Crippen molar-refractivity contribution >= 4 is 5.91 Å². The van der Waals surface area contributed by atoms with E-state index in [9.17, 15) is 4.79 Å². The third-order valence-electron chi connectivity index (χ3n) is 4.26. The van der Waals surface area contributed by atoms with Crippen LogP contribution in [0.4, 0.5) is 0 Å². The zero-order valence-corrected chi connectivity index (χ0v) is 11.8. The Labute approximate surface area is 113 Å². The molecule has 4 heteroatoms. The molecule has 1 aromatic rings. The molecule has 19 heavy (non-hydrogen) atoms. The van der Waals surface area contributed by atoms with E-state index >= 15 is 0 Å². The number of piperidine rings is 1. The summed E-state index contributed by atoms with van der Waals surface area (Å²) in [6.07, 6.45) is 2.71. The van der Waals surface area contributed by atoms with Gasteiger partial charge in [-0.1, -0.05) is 0 Å². The van der Waals surface area contributed by atoms with Crippen molar-refractivity contribution in [3.8, 4) is 0 Å². The number of fused-ring (bicyclic) bond motifs is 1. The monoisotopic (exact) mass is 263 g/mol. The van der Waals surface area contributed by atoms with Gasteiger partial charge < -0.3 is 14.1 Å². The number of nitrogens with zero attached hydrogens (tertiary/aromatic N) is 1. The number of rotatable bonds is 1. The minimum absolute atomic E-state index is 0.104. The SMILES string of the molecule is Cc1cc(C(=O)N2CC[C@H]3O[C@H](C)C[C@@H]3C2)c(C)o1. The van der Waals surface area contributed by atoms with E-state index in [1.165, 1.54) is 0 Å². The third-order valence-corrected chi connectivity index (χ3v) is 4.26. The Kier molecular flexibility index (Phi) is 3.13. The number of ether oxygens (including phenoxy) is 1. The fourth-order valence-corrected chi connectivity index (χ4v) is 3.39. The average molecular weight is 263 g/mol. The summed E-state index contributed by atoms with van der Waals surface area (Å²) in [4.78, 5) is 14.5. The van der Waals surface area contributed by atoms with E-state index in [1.807, 2.05) is 24.8 Å². The summed E-state index contributed by atoms with van der Waals surface area (Å²) >= 11 is 0. The second-order valence-electron chi connectivity index (χ2n) is 5.85. The number of carbonyl (C=O) groups is 1. The molecule has 0 N–H and O–H groups in total. The lowest BCUT2D eigenvalue weighted by Crippen LogP contribution is -2.44. The van der Waals surface area contributed by atoms with Crippen molar-refractivity contribution < 1.29 is 13.9 Å². The van der Waals surface area contributed by atoms with Gasteiger partial charge in [0.1, 0.15) is 11.5 Å². The fraction of sp³-hybridized carbons (Fsp3) is 0.667. The highest BCUT2D eigenvalue weighted by molar-refractivity contribution is 5.95. The Bertz CT molecular complexity index is 494. The summed E-state index contributed by atoms with van der Waals surface area (Å²) in [6, 6.07) is 1.84. The quantitative estimate of drug-likeness (QED) is 0.782. The predicted molar refractivity (Wildman–Crippen MR) is 71.1 cm³/mol. The lowest BCUT2D eigenvalue weighted by molar-refractivity contribution is 0.00861. The van der Waals surface area contributed by atoms with Crippen LogP contribution in [0.3, 0.4) is 0 Å². The molecule has 2 aliphatic heterocycles. The number of furan rings is 1. The van der Waals surface area contributed by atoms with E-state index in [4.69, 9.17) is 9.15 Å². The van der Waals surface area contributed by atoms with Gasteiger partial charge in [-0.2, -0.15) is 0 Å². The highest BCUT2D eigenvalue weighted by Gasteiger charge is 2.39. The minimum Gasteiger partial charge on any atom is -0.466 e. The molecular formula is C15H21NO3. The molecule has 3 atom stereocenters. The first kappa shape index (κ1) is 12.7. The van der Waals surface area contributed by atoms with Gasteiger partial charge in [0.15, 0.2) is 0 Å². The van der Waals surface area contributed by atoms with Crippen LogP contribution in [0.2, 0.25) is 0 Å². The van der Waals surface area contributed by atoms with Crippen molar-refractivity contribution in [2.75, 3.05) is 13.1 Å². The van der Waals surface area contributed by atoms with Gasteiger partial charge in [-0.3, -0.25) is 4.79 Å². The van der Waals surface area contributed by atoms with E-state index in [0.717, 1.165) is 37.5 Å². The molecule has 0 saturated carbocycles. The summed E-state index contributed by atoms with van der Waals surface area (Å²) in [5.41, 5.74) is 0.711. The molecule has 0 aromatic carbocycles. The number of likely N-dealkylation sites (tertiary alicyclic amines) is 1. The largest absolute Gasteiger partial charge is 0.466 e. The van der Waals surface area contributed by atoms with Crippen molar-refractivity contribution in [3.05, 3.63) is 23.2 Å². The molecule has 0 radical (unpaired) electrons. The molecule has 0 unspecified atom stereocenters. The maximum absolute atomic E-state index is 12.5. The lowest BCUT2D eigenvalue weighted by Gasteiger charge is -2.34. The lowest BCUT2D eigenvalue weighted by atomic mass is 9.92. The van der Waals surface area contributed by atoms with E-state index in [0.29, 0.717) is 23.7 Å². The first-order valence-electron chi connectivity index (χ1n) is 7.06. The fourth-order valence-electron chi connectivity index (χ4n) is 3.39. The van der Waals surface area contributed by atoms with E-state index < -0.39 is 0 Å². The van der Waals surface area contributed by atoms with Gasteiger partial charge in [0.05, 0.1) is 17.8 Å². The molecule has 1 amide bonds. The minimum atomic E-state index is 0.104. The van der Waals surface area contributed by atoms with Crippen LogP contribution in [0.15, 0.2) is 10.5 Å². The van der Waals surface area contributed by atoms with Gasteiger partial charge in [0.25, 0.3) is 5.91 Å². The van der Waals surface area contributed by atoms with Crippen LogP contribution in [0, 0.1) is 19.8 Å². The van der Waals surface area contributed by atoms with Gasteiger partial charge in [-0.15, -0.1) is 0 Å². The van der Waals surface area contributed by atoms with Gasteiger partial charge in [0.2, 0.25) is 0 Å². The van der Waals surface area contributed by atoms with E-state index in [-0.39, 0.29) is 5.91 Å². The second-order valence-corrected chi connectivity index (χ2v) is 5.85. The number of hydrogen-bond donors (Lipinski definition) is 0. The summed E-state index contributed by atoms with van der Waals surface area (Å²) in [5.74, 6) is 2.13. The summed E-state index contributed by atoms with van der Waals surface area (Å²) in [6.45, 7) is 7.46. The van der Waals surface area contributed by atoms with Crippen LogP contribution in [0.1, 0.15) is 41.6 Å². The molecule has 3 heterocycles. The first-order valence-corrected chi connectivity index (χ1v) is 7.06. The highest BCUT2D eigenvalue weighted by Crippen LogP contribution is 2.33. The summed E-state index contributed by atoms with van der Waals surface area (Å²) < 4.78 is 11.3. The number of aryl methyl sites for hydroxylation is 2. The van der Waals surface area contributed by atoms with Gasteiger partial charge >= 0.3 is 0 Å². The number of amides is 1. The van der Waals surface area contributed by atoms with Gasteiger partial charge in [-0.05, 0) is 39.7 Å². The Morgan fingerprint density at radius 1 is 1.42 bits per heavy atom. The van der Waals surface area contributed by atoms with Crippen molar-refractivity contribution in [2.45, 2.75) is 45.8 Å². The molecule has 2 fully saturated rings. The molecule has 1 aromatic heterocycles. The molecular weight excluding hydrogens is 242 g/mol. The summed E-state index contributed by atoms with van der Waals surface area (Å²) in [5, 5.41) is 0. The number of carbonyl (C=O) groups excluding carboxylic acids is 1. The Hall–Kier alpha value is -1.29. The Morgan fingerprint density at radius 3 is 2.89 bits per heavy atom. The first-order chi connectivity index (χ1) is 9.04. The molecule has 104 valence electrons. The highest BCUT2D eigenvalue weighted by atomic mass is 16.5. The van der Waals surface area contributed by atoms with Crippen LogP contribution < -0.4 is 0 Å². The van der Waals surface area contributed by atoms with Crippen molar-refractivity contribution in [3.63, 3.8) is 0 Å². The Balaban J connectivity index is 1.73. The normalized spacial score (nSPS) is 30.5. The van der Waals surface area contributed by atoms with Crippen molar-refractivity contribution in [1.82, 2.24) is 4.90 Å². The van der Waals surface area contributed by atoms with E-state index in [2.05, 4.69) is 6.92 Å². The molecule has 3 rings (SSSR count). The zero-order valence-electron chi connectivity index (χ0n) is 11.8. The van der Waals surface area contributed by atoms with E-state index in [1.54, 1.807) is 0 Å². The third kappa shape index (κ3) is 2.29. The Morgan fingerprint density at radius 2 is 2.21 bits per heavy atom. The maximum atomic E-state index is 12.5. The molecule has 4 nitrogen and oxygen atoms in total. The standard InChI is InChI=1S/C15H21NO3/c1-9-6-12-8-16(5-4-14(12)19-9)15(17)13-7-10(2)18-11(13)3/h7,9,12,14H,4-6,8H2,1-3H3/t9-,12-,14-/m1/s1. The second kappa shape index (κ2) is 4.67. The van der Waals surface area contributed by atoms with Crippen LogP contribution in [0.25, 0.3) is 0 Å². The molecule has 0 aliphatic carbocycles. The van der Waals surface area contributed by atoms with Gasteiger partial charge in [-0.25, -0.2) is 0 Å². The smallest absolute Gasteiger partial charge is 0.257 e. The molecule has 2 saturated heterocycles. The average Bonchev–Trinajstić information content (AvgIpc) is 2.88. The van der Waals surface area contributed by atoms with Crippen LogP contribution in [-0.2, 0) is 4.74 Å². The predicted octanol–water partition coefficient (Wildman–Crippen LogP) is 2.54. The zero-order chi connectivity index (χ0) is 13.6. The van der Waals surface area contributed by atoms with Crippen LogP contribution in [0.5, 0.6) is 0 Å². The molecule has 0 bridgehead atoms. The maximum Gasteiger partial charge on any atom is 0.257 e. The number of hydrogen-bond acceptors (Lipinski definition) is 3.